The number of amides is 3. The van der Waals surface area contributed by atoms with Gasteiger partial charge in [-0.05, 0) is 85.3 Å². The maximum absolute atomic E-state index is 13.5. The molecule has 10 rings (SSSR count). The number of carbonyl (C=O) groups excluding carboxylic acids is 3. The monoisotopic (exact) mass is 793 g/mol. The number of carbonyl (C=O) groups is 3. The number of benzene rings is 2. The minimum atomic E-state index is -0.606. The first kappa shape index (κ1) is 37.0. The van der Waals surface area contributed by atoms with E-state index in [9.17, 15) is 19.2 Å². The van der Waals surface area contributed by atoms with Crippen molar-refractivity contribution >= 4 is 51.8 Å². The van der Waals surface area contributed by atoms with Crippen LogP contribution < -0.4 is 26.0 Å². The van der Waals surface area contributed by atoms with Crippen LogP contribution in [-0.2, 0) is 29.1 Å². The molecule has 15 nitrogen and oxygen atoms in total. The molecule has 3 aromatic heterocycles. The molecule has 3 amide bonds. The van der Waals surface area contributed by atoms with Crippen LogP contribution >= 0.6 is 0 Å². The van der Waals surface area contributed by atoms with E-state index in [2.05, 4.69) is 68.1 Å². The van der Waals surface area contributed by atoms with Gasteiger partial charge in [0.25, 0.3) is 11.5 Å². The molecule has 302 valence electrons. The zero-order chi connectivity index (χ0) is 40.4. The first-order valence-corrected chi connectivity index (χ1v) is 20.7. The molecule has 2 N–H and O–H groups in total. The number of rotatable bonds is 10. The summed E-state index contributed by atoms with van der Waals surface area (Å²) in [6.45, 7) is 12.4. The Hall–Kier alpha value is -6.35. The van der Waals surface area contributed by atoms with E-state index >= 15 is 0 Å². The van der Waals surface area contributed by atoms with Crippen LogP contribution in [0.4, 0.5) is 23.0 Å². The lowest BCUT2D eigenvalue weighted by molar-refractivity contribution is -0.136. The SMILES string of the molecule is C=CCn1c(=O)c2cnc(Nc3ccc(N4CCN(C5CN(c6ccc7c(c6)CN(C6CCC(=O)NC6=O)C7=O)C5)CC4)cc3)nc2n1-c1ccc2c(n1)C(CC)CC2. The lowest BCUT2D eigenvalue weighted by atomic mass is 10.0. The van der Waals surface area contributed by atoms with Gasteiger partial charge in [0.05, 0.1) is 6.54 Å². The number of anilines is 4. The fourth-order valence-electron chi connectivity index (χ4n) is 9.53. The van der Waals surface area contributed by atoms with Gasteiger partial charge in [0.2, 0.25) is 17.8 Å². The number of piperidine rings is 1. The van der Waals surface area contributed by atoms with E-state index in [-0.39, 0.29) is 29.7 Å². The third kappa shape index (κ3) is 6.53. The second-order valence-electron chi connectivity index (χ2n) is 16.3. The van der Waals surface area contributed by atoms with E-state index in [0.29, 0.717) is 59.8 Å². The highest BCUT2D eigenvalue weighted by Crippen LogP contribution is 2.36. The van der Waals surface area contributed by atoms with Crippen LogP contribution in [0, 0.1) is 0 Å². The molecule has 2 aromatic carbocycles. The predicted molar refractivity (Wildman–Crippen MR) is 224 cm³/mol. The molecule has 5 aromatic rings. The zero-order valence-corrected chi connectivity index (χ0v) is 33.1. The highest BCUT2D eigenvalue weighted by Gasteiger charge is 2.40. The highest BCUT2D eigenvalue weighted by atomic mass is 16.2. The number of aryl methyl sites for hydroxylation is 1. The van der Waals surface area contributed by atoms with Crippen LogP contribution in [0.25, 0.3) is 16.9 Å². The van der Waals surface area contributed by atoms with Crippen molar-refractivity contribution in [2.75, 3.05) is 54.4 Å². The Kier molecular flexibility index (Phi) is 9.26. The lowest BCUT2D eigenvalue weighted by Gasteiger charge is -2.49. The Morgan fingerprint density at radius 1 is 0.881 bits per heavy atom. The van der Waals surface area contributed by atoms with Gasteiger partial charge in [0, 0.05) is 98.7 Å². The highest BCUT2D eigenvalue weighted by molar-refractivity contribution is 6.05. The van der Waals surface area contributed by atoms with Gasteiger partial charge < -0.3 is 20.0 Å². The van der Waals surface area contributed by atoms with Crippen molar-refractivity contribution in [3.05, 3.63) is 106 Å². The molecule has 0 radical (unpaired) electrons. The van der Waals surface area contributed by atoms with Crippen LogP contribution in [-0.4, -0.2) is 103 Å². The van der Waals surface area contributed by atoms with Crippen LogP contribution in [0.5, 0.6) is 0 Å². The largest absolute Gasteiger partial charge is 0.369 e. The Labute approximate surface area is 341 Å². The van der Waals surface area contributed by atoms with Gasteiger partial charge in [0.1, 0.15) is 11.4 Å². The first-order valence-electron chi connectivity index (χ1n) is 20.7. The molecule has 5 aliphatic rings. The molecule has 0 spiro atoms. The molecule has 4 aliphatic heterocycles. The number of aromatic nitrogens is 5. The van der Waals surface area contributed by atoms with E-state index < -0.39 is 6.04 Å². The standard InChI is InChI=1S/C44H47N11O4/c1-3-17-54-43(59)35-23-45-44(49-40(35)55(54)37-15-7-28-6-5-27(4-2)39(28)47-37)46-30-8-10-31(11-9-30)50-18-20-51(21-19-50)33-25-52(26-33)32-12-13-34-29(22-32)24-53(42(34)58)36-14-16-38(56)48-41(36)57/h3,7-13,15,22-23,27,33,36H,1,4-6,14,16-21,24-26H2,2H3,(H,45,46,49)(H,48,56,57). The number of nitrogens with one attached hydrogen (secondary N) is 2. The van der Waals surface area contributed by atoms with Gasteiger partial charge in [0.15, 0.2) is 11.5 Å². The van der Waals surface area contributed by atoms with Gasteiger partial charge in [-0.25, -0.2) is 19.3 Å². The number of nitrogens with zero attached hydrogens (tertiary/aromatic N) is 9. The third-order valence-electron chi connectivity index (χ3n) is 12.9. The predicted octanol–water partition coefficient (Wildman–Crippen LogP) is 4.12. The van der Waals surface area contributed by atoms with Crippen LogP contribution in [0.2, 0.25) is 0 Å². The number of piperazine rings is 1. The van der Waals surface area contributed by atoms with Gasteiger partial charge in [-0.3, -0.25) is 29.4 Å². The van der Waals surface area contributed by atoms with Crippen LogP contribution in [0.15, 0.2) is 78.2 Å². The third-order valence-corrected chi connectivity index (χ3v) is 12.9. The molecule has 0 saturated carbocycles. The number of allylic oxidation sites excluding steroid dienone is 1. The summed E-state index contributed by atoms with van der Waals surface area (Å²) < 4.78 is 3.42. The molecule has 59 heavy (non-hydrogen) atoms. The first-order chi connectivity index (χ1) is 28.8. The smallest absolute Gasteiger partial charge is 0.278 e. The summed E-state index contributed by atoms with van der Waals surface area (Å²) in [7, 11) is 0. The second kappa shape index (κ2) is 14.8. The average Bonchev–Trinajstić information content (AvgIpc) is 3.88. The molecule has 2 unspecified atom stereocenters. The van der Waals surface area contributed by atoms with Crippen molar-refractivity contribution < 1.29 is 14.4 Å². The van der Waals surface area contributed by atoms with Crippen molar-refractivity contribution in [3.8, 4) is 5.82 Å². The van der Waals surface area contributed by atoms with Crippen LogP contribution in [0.1, 0.15) is 65.7 Å². The molecule has 1 aliphatic carbocycles. The van der Waals surface area contributed by atoms with Crippen LogP contribution in [0.3, 0.4) is 0 Å². The average molecular weight is 794 g/mol. The van der Waals surface area contributed by atoms with E-state index in [0.717, 1.165) is 86.9 Å². The van der Waals surface area contributed by atoms with E-state index in [1.54, 1.807) is 26.5 Å². The summed E-state index contributed by atoms with van der Waals surface area (Å²) in [5.41, 5.74) is 7.38. The summed E-state index contributed by atoms with van der Waals surface area (Å²) in [5, 5.41) is 6.15. The second-order valence-corrected chi connectivity index (χ2v) is 16.3. The Balaban J connectivity index is 0.759. The summed E-state index contributed by atoms with van der Waals surface area (Å²) >= 11 is 0. The normalized spacial score (nSPS) is 20.8. The molecule has 7 heterocycles. The van der Waals surface area contributed by atoms with Crippen molar-refractivity contribution in [3.63, 3.8) is 0 Å². The fourth-order valence-corrected chi connectivity index (χ4v) is 9.53. The lowest BCUT2D eigenvalue weighted by Crippen LogP contribution is -2.63. The summed E-state index contributed by atoms with van der Waals surface area (Å²) in [4.78, 5) is 74.1. The van der Waals surface area contributed by atoms with E-state index in [1.165, 1.54) is 5.56 Å². The molecule has 0 bridgehead atoms. The maximum atomic E-state index is 13.5. The number of hydrogen-bond donors (Lipinski definition) is 2. The number of hydrogen-bond acceptors (Lipinski definition) is 11. The van der Waals surface area contributed by atoms with Gasteiger partial charge in [-0.1, -0.05) is 19.1 Å². The summed E-state index contributed by atoms with van der Waals surface area (Å²) in [6.07, 6.45) is 7.06. The zero-order valence-electron chi connectivity index (χ0n) is 33.1. The topological polar surface area (TPSA) is 154 Å². The quantitative estimate of drug-likeness (QED) is 0.155. The number of fused-ring (bicyclic) bond motifs is 3. The maximum Gasteiger partial charge on any atom is 0.278 e. The Morgan fingerprint density at radius 3 is 2.44 bits per heavy atom. The van der Waals surface area contributed by atoms with Crippen molar-refractivity contribution in [2.45, 2.75) is 70.1 Å². The number of imide groups is 1. The van der Waals surface area contributed by atoms with Crippen molar-refractivity contribution in [1.29, 1.82) is 0 Å². The summed E-state index contributed by atoms with van der Waals surface area (Å²) in [5.74, 6) is 0.670. The van der Waals surface area contributed by atoms with Crippen molar-refractivity contribution in [2.24, 2.45) is 0 Å². The minimum absolute atomic E-state index is 0.143. The summed E-state index contributed by atoms with van der Waals surface area (Å²) in [6, 6.07) is 18.3. The van der Waals surface area contributed by atoms with Gasteiger partial charge in [-0.15, -0.1) is 6.58 Å². The fraction of sp³-hybridized carbons (Fsp3) is 0.386. The molecular weight excluding hydrogens is 747 g/mol. The Morgan fingerprint density at radius 2 is 1.68 bits per heavy atom. The van der Waals surface area contributed by atoms with E-state index in [1.807, 2.05) is 30.3 Å². The molecular formula is C44H47N11O4. The Bertz CT molecular complexity index is 2570. The minimum Gasteiger partial charge on any atom is -0.369 e. The molecule has 3 fully saturated rings. The van der Waals surface area contributed by atoms with Gasteiger partial charge in [-0.2, -0.15) is 4.98 Å². The molecule has 15 heteroatoms. The van der Waals surface area contributed by atoms with Gasteiger partial charge >= 0.3 is 0 Å². The number of pyridine rings is 1. The van der Waals surface area contributed by atoms with Crippen molar-refractivity contribution in [1.82, 2.24) is 39.4 Å². The molecule has 2 atom stereocenters. The molecule has 3 saturated heterocycles. The van der Waals surface area contributed by atoms with E-state index in [4.69, 9.17) is 9.97 Å².